The van der Waals surface area contributed by atoms with Crippen LogP contribution < -0.4 is 14.8 Å². The Hall–Kier alpha value is -2.97. The van der Waals surface area contributed by atoms with Gasteiger partial charge in [0.2, 0.25) is 5.91 Å². The van der Waals surface area contributed by atoms with Crippen LogP contribution in [0.4, 0.5) is 4.79 Å². The number of halogens is 1. The van der Waals surface area contributed by atoms with Gasteiger partial charge in [0.1, 0.15) is 11.5 Å². The van der Waals surface area contributed by atoms with Crippen LogP contribution in [0.1, 0.15) is 49.8 Å². The van der Waals surface area contributed by atoms with E-state index < -0.39 is 6.09 Å². The van der Waals surface area contributed by atoms with Crippen LogP contribution in [0.2, 0.25) is 0 Å². The Labute approximate surface area is 232 Å². The van der Waals surface area contributed by atoms with Crippen LogP contribution in [-0.4, -0.2) is 68.8 Å². The fourth-order valence-electron chi connectivity index (χ4n) is 5.55. The van der Waals surface area contributed by atoms with Gasteiger partial charge in [0.05, 0.1) is 32.3 Å². The average molecular weight is 546 g/mol. The standard InChI is InChI=1S/C29H39N3O5.ClH/c1-4-37-28(34)30-25(24-7-5-6-8-26(24)36-3)13-17-31-18-14-29(15-19-31)16-20-32(27(29)33)21-22-9-11-23(35-2)12-10-22;/h5-12,25H,4,13-21H2,1-3H3,(H,30,34);1H. The maximum absolute atomic E-state index is 13.4. The first-order chi connectivity index (χ1) is 18.0. The number of likely N-dealkylation sites (tertiary alicyclic amines) is 2. The van der Waals surface area contributed by atoms with Gasteiger partial charge in [-0.05, 0) is 69.5 Å². The number of rotatable bonds is 10. The van der Waals surface area contributed by atoms with Gasteiger partial charge in [-0.1, -0.05) is 30.3 Å². The molecule has 1 atom stereocenters. The molecular formula is C29H40ClN3O5. The summed E-state index contributed by atoms with van der Waals surface area (Å²) in [6.45, 7) is 6.14. The van der Waals surface area contributed by atoms with Gasteiger partial charge in [-0.2, -0.15) is 0 Å². The maximum Gasteiger partial charge on any atom is 0.407 e. The topological polar surface area (TPSA) is 80.3 Å². The highest BCUT2D eigenvalue weighted by atomic mass is 35.5. The fraction of sp³-hybridized carbons (Fsp3) is 0.517. The summed E-state index contributed by atoms with van der Waals surface area (Å²) in [7, 11) is 3.30. The lowest BCUT2D eigenvalue weighted by molar-refractivity contribution is -0.138. The van der Waals surface area contributed by atoms with E-state index in [1.54, 1.807) is 21.1 Å². The second-order valence-electron chi connectivity index (χ2n) is 9.89. The number of para-hydroxylation sites is 1. The molecule has 2 fully saturated rings. The highest BCUT2D eigenvalue weighted by molar-refractivity contribution is 5.85. The molecule has 2 aliphatic heterocycles. The summed E-state index contributed by atoms with van der Waals surface area (Å²) in [6, 6.07) is 15.5. The van der Waals surface area contributed by atoms with Crippen molar-refractivity contribution in [1.82, 2.24) is 15.1 Å². The zero-order chi connectivity index (χ0) is 26.3. The number of piperidine rings is 1. The monoisotopic (exact) mass is 545 g/mol. The fourth-order valence-corrected chi connectivity index (χ4v) is 5.55. The van der Waals surface area contributed by atoms with E-state index >= 15 is 0 Å². The van der Waals surface area contributed by atoms with Crippen molar-refractivity contribution in [3.05, 3.63) is 59.7 Å². The smallest absolute Gasteiger partial charge is 0.407 e. The van der Waals surface area contributed by atoms with Crippen LogP contribution in [0.25, 0.3) is 0 Å². The minimum absolute atomic E-state index is 0. The van der Waals surface area contributed by atoms with Crippen LogP contribution in [-0.2, 0) is 16.1 Å². The first kappa shape index (κ1) is 29.6. The molecule has 2 aromatic rings. The number of hydrogen-bond acceptors (Lipinski definition) is 6. The van der Waals surface area contributed by atoms with E-state index in [1.807, 2.05) is 53.4 Å². The molecule has 0 bridgehead atoms. The van der Waals surface area contributed by atoms with Crippen molar-refractivity contribution in [1.29, 1.82) is 0 Å². The van der Waals surface area contributed by atoms with Crippen molar-refractivity contribution < 1.29 is 23.8 Å². The number of carbonyl (C=O) groups excluding carboxylic acids is 2. The summed E-state index contributed by atoms with van der Waals surface area (Å²) in [5, 5.41) is 3.00. The van der Waals surface area contributed by atoms with Gasteiger partial charge in [-0.25, -0.2) is 4.79 Å². The molecule has 2 saturated heterocycles. The summed E-state index contributed by atoms with van der Waals surface area (Å²) in [5.74, 6) is 1.86. The molecule has 8 nitrogen and oxygen atoms in total. The predicted octanol–water partition coefficient (Wildman–Crippen LogP) is 4.82. The molecule has 1 unspecified atom stereocenters. The van der Waals surface area contributed by atoms with E-state index in [2.05, 4.69) is 10.2 Å². The lowest BCUT2D eigenvalue weighted by Crippen LogP contribution is -2.45. The number of carbonyl (C=O) groups is 2. The van der Waals surface area contributed by atoms with Gasteiger partial charge < -0.3 is 29.3 Å². The molecule has 4 rings (SSSR count). The summed E-state index contributed by atoms with van der Waals surface area (Å²) in [5.41, 5.74) is 1.82. The van der Waals surface area contributed by atoms with Crippen LogP contribution in [0, 0.1) is 5.41 Å². The van der Waals surface area contributed by atoms with E-state index in [0.29, 0.717) is 19.1 Å². The zero-order valence-electron chi connectivity index (χ0n) is 22.6. The molecule has 0 saturated carbocycles. The molecule has 2 aliphatic rings. The number of hydrogen-bond donors (Lipinski definition) is 1. The van der Waals surface area contributed by atoms with Gasteiger partial charge in [0.15, 0.2) is 0 Å². The third-order valence-electron chi connectivity index (χ3n) is 7.76. The normalized spacial score (nSPS) is 17.6. The minimum Gasteiger partial charge on any atom is -0.497 e. The third kappa shape index (κ3) is 6.91. The van der Waals surface area contributed by atoms with Gasteiger partial charge in [-0.15, -0.1) is 12.4 Å². The quantitative estimate of drug-likeness (QED) is 0.461. The van der Waals surface area contributed by atoms with E-state index in [9.17, 15) is 9.59 Å². The number of nitrogens with zero attached hydrogens (tertiary/aromatic N) is 2. The molecule has 208 valence electrons. The van der Waals surface area contributed by atoms with Crippen molar-refractivity contribution in [2.75, 3.05) is 47.0 Å². The molecule has 2 heterocycles. The van der Waals surface area contributed by atoms with Gasteiger partial charge >= 0.3 is 6.09 Å². The summed E-state index contributed by atoms with van der Waals surface area (Å²) in [4.78, 5) is 30.1. The Morgan fingerprint density at radius 2 is 1.68 bits per heavy atom. The van der Waals surface area contributed by atoms with Crippen molar-refractivity contribution in [2.24, 2.45) is 5.41 Å². The van der Waals surface area contributed by atoms with E-state index in [1.165, 1.54) is 0 Å². The molecule has 0 aliphatic carbocycles. The Balaban J connectivity index is 0.00000400. The van der Waals surface area contributed by atoms with Crippen molar-refractivity contribution >= 4 is 24.4 Å². The van der Waals surface area contributed by atoms with Gasteiger partial charge in [0.25, 0.3) is 0 Å². The SMILES string of the molecule is CCOC(=O)NC(CCN1CCC2(CC1)CCN(Cc1ccc(OC)cc1)C2=O)c1ccccc1OC.Cl. The molecule has 9 heteroatoms. The molecule has 1 spiro atoms. The van der Waals surface area contributed by atoms with E-state index in [4.69, 9.17) is 14.2 Å². The van der Waals surface area contributed by atoms with Gasteiger partial charge in [-0.3, -0.25) is 4.79 Å². The molecule has 0 aromatic heterocycles. The first-order valence-electron chi connectivity index (χ1n) is 13.2. The zero-order valence-corrected chi connectivity index (χ0v) is 23.4. The minimum atomic E-state index is -0.426. The number of methoxy groups -OCH3 is 2. The Kier molecular flexibility index (Phi) is 10.7. The van der Waals surface area contributed by atoms with Crippen LogP contribution >= 0.6 is 12.4 Å². The number of amides is 2. The molecule has 38 heavy (non-hydrogen) atoms. The number of alkyl carbamates (subject to hydrolysis) is 1. The Morgan fingerprint density at radius 3 is 2.34 bits per heavy atom. The number of ether oxygens (including phenoxy) is 3. The third-order valence-corrected chi connectivity index (χ3v) is 7.76. The van der Waals surface area contributed by atoms with E-state index in [-0.39, 0.29) is 23.9 Å². The summed E-state index contributed by atoms with van der Waals surface area (Å²) in [6.07, 6.45) is 2.96. The second kappa shape index (κ2) is 13.7. The van der Waals surface area contributed by atoms with Crippen LogP contribution in [0.5, 0.6) is 11.5 Å². The predicted molar refractivity (Wildman–Crippen MR) is 149 cm³/mol. The van der Waals surface area contributed by atoms with Crippen molar-refractivity contribution in [3.8, 4) is 11.5 Å². The average Bonchev–Trinajstić information content (AvgIpc) is 3.22. The Bertz CT molecular complexity index is 1060. The van der Waals surface area contributed by atoms with Crippen LogP contribution in [0.15, 0.2) is 48.5 Å². The molecule has 2 amide bonds. The largest absolute Gasteiger partial charge is 0.497 e. The second-order valence-corrected chi connectivity index (χ2v) is 9.89. The first-order valence-corrected chi connectivity index (χ1v) is 13.2. The van der Waals surface area contributed by atoms with Crippen molar-refractivity contribution in [3.63, 3.8) is 0 Å². The lowest BCUT2D eigenvalue weighted by Gasteiger charge is -2.38. The Morgan fingerprint density at radius 1 is 1.00 bits per heavy atom. The molecular weight excluding hydrogens is 506 g/mol. The van der Waals surface area contributed by atoms with Crippen LogP contribution in [0.3, 0.4) is 0 Å². The summed E-state index contributed by atoms with van der Waals surface area (Å²) < 4.78 is 15.9. The number of nitrogens with one attached hydrogen (secondary N) is 1. The van der Waals surface area contributed by atoms with Crippen molar-refractivity contribution in [2.45, 2.75) is 45.2 Å². The molecule has 0 radical (unpaired) electrons. The highest BCUT2D eigenvalue weighted by Gasteiger charge is 2.47. The molecule has 2 aromatic carbocycles. The summed E-state index contributed by atoms with van der Waals surface area (Å²) >= 11 is 0. The number of benzene rings is 2. The lowest BCUT2D eigenvalue weighted by atomic mass is 9.77. The van der Waals surface area contributed by atoms with Gasteiger partial charge in [0, 0.05) is 25.2 Å². The molecule has 1 N–H and O–H groups in total. The van der Waals surface area contributed by atoms with E-state index in [0.717, 1.165) is 74.5 Å². The maximum atomic E-state index is 13.4. The highest BCUT2D eigenvalue weighted by Crippen LogP contribution is 2.42.